The lowest BCUT2D eigenvalue weighted by atomic mass is 10.1. The molecule has 1 saturated heterocycles. The van der Waals surface area contributed by atoms with Gasteiger partial charge in [0.2, 0.25) is 0 Å². The van der Waals surface area contributed by atoms with Crippen molar-refractivity contribution in [3.05, 3.63) is 30.0 Å². The van der Waals surface area contributed by atoms with E-state index < -0.39 is 9.84 Å². The van der Waals surface area contributed by atoms with Crippen LogP contribution < -0.4 is 11.1 Å². The van der Waals surface area contributed by atoms with Crippen molar-refractivity contribution >= 4 is 32.1 Å². The Hall–Kier alpha value is -1.82. The minimum Gasteiger partial charge on any atom is -0.399 e. The van der Waals surface area contributed by atoms with Gasteiger partial charge in [-0.05, 0) is 44.0 Å². The molecule has 0 radical (unpaired) electrons. The summed E-state index contributed by atoms with van der Waals surface area (Å²) < 4.78 is 23.5. The van der Waals surface area contributed by atoms with Crippen molar-refractivity contribution in [2.24, 2.45) is 0 Å². The summed E-state index contributed by atoms with van der Waals surface area (Å²) in [5.74, 6) is 0.492. The molecule has 0 amide bonds. The summed E-state index contributed by atoms with van der Waals surface area (Å²) >= 11 is 0. The van der Waals surface area contributed by atoms with Crippen LogP contribution in [0, 0.1) is 6.92 Å². The molecule has 5 nitrogen and oxygen atoms in total. The SMILES string of the molecule is Cc1cc(NC2CCCS(=O)(=O)C2)c2cc(N)ccc2n1. The summed E-state index contributed by atoms with van der Waals surface area (Å²) in [4.78, 5) is 4.49. The smallest absolute Gasteiger partial charge is 0.152 e. The van der Waals surface area contributed by atoms with Crippen LogP contribution in [0.3, 0.4) is 0 Å². The van der Waals surface area contributed by atoms with Crippen molar-refractivity contribution in [3.8, 4) is 0 Å². The second-order valence-electron chi connectivity index (χ2n) is 5.69. The maximum atomic E-state index is 11.8. The van der Waals surface area contributed by atoms with E-state index in [1.54, 1.807) is 0 Å². The molecule has 0 aliphatic carbocycles. The third kappa shape index (κ3) is 3.10. The topological polar surface area (TPSA) is 85.1 Å². The summed E-state index contributed by atoms with van der Waals surface area (Å²) in [5, 5.41) is 4.31. The van der Waals surface area contributed by atoms with E-state index in [4.69, 9.17) is 5.73 Å². The highest BCUT2D eigenvalue weighted by atomic mass is 32.2. The fraction of sp³-hybridized carbons (Fsp3) is 0.400. The number of pyridine rings is 1. The van der Waals surface area contributed by atoms with Crippen LogP contribution in [0.1, 0.15) is 18.5 Å². The maximum absolute atomic E-state index is 11.8. The van der Waals surface area contributed by atoms with Gasteiger partial charge in [-0.15, -0.1) is 0 Å². The fourth-order valence-electron chi connectivity index (χ4n) is 2.85. The predicted octanol–water partition coefficient (Wildman–Crippen LogP) is 2.11. The lowest BCUT2D eigenvalue weighted by Crippen LogP contribution is -2.34. The number of hydrogen-bond donors (Lipinski definition) is 2. The maximum Gasteiger partial charge on any atom is 0.152 e. The quantitative estimate of drug-likeness (QED) is 0.830. The first-order chi connectivity index (χ1) is 9.93. The number of nitrogens with zero attached hydrogens (tertiary/aromatic N) is 1. The predicted molar refractivity (Wildman–Crippen MR) is 86.2 cm³/mol. The van der Waals surface area contributed by atoms with Crippen molar-refractivity contribution in [3.63, 3.8) is 0 Å². The zero-order chi connectivity index (χ0) is 15.0. The Balaban J connectivity index is 1.98. The Kier molecular flexibility index (Phi) is 3.49. The highest BCUT2D eigenvalue weighted by molar-refractivity contribution is 7.91. The summed E-state index contributed by atoms with van der Waals surface area (Å²) in [6.07, 6.45) is 1.58. The third-order valence-corrected chi connectivity index (χ3v) is 5.60. The highest BCUT2D eigenvalue weighted by Crippen LogP contribution is 2.27. The number of aromatic nitrogens is 1. The Bertz CT molecular complexity index is 787. The van der Waals surface area contributed by atoms with Crippen molar-refractivity contribution in [2.45, 2.75) is 25.8 Å². The van der Waals surface area contributed by atoms with Crippen molar-refractivity contribution in [2.75, 3.05) is 22.6 Å². The van der Waals surface area contributed by atoms with Crippen molar-refractivity contribution < 1.29 is 8.42 Å². The van der Waals surface area contributed by atoms with Gasteiger partial charge in [0, 0.05) is 28.5 Å². The molecule has 0 spiro atoms. The molecule has 1 aromatic heterocycles. The molecule has 2 aromatic rings. The molecule has 21 heavy (non-hydrogen) atoms. The van der Waals surface area contributed by atoms with E-state index in [1.165, 1.54) is 0 Å². The summed E-state index contributed by atoms with van der Waals surface area (Å²) in [6.45, 7) is 1.93. The molecular formula is C15H19N3O2S. The Labute approximate surface area is 124 Å². The third-order valence-electron chi connectivity index (χ3n) is 3.78. The molecule has 112 valence electrons. The number of sulfone groups is 1. The molecule has 1 unspecified atom stereocenters. The van der Waals surface area contributed by atoms with Crippen LogP contribution in [0.15, 0.2) is 24.3 Å². The first-order valence-corrected chi connectivity index (χ1v) is 8.89. The van der Waals surface area contributed by atoms with Gasteiger partial charge in [0.15, 0.2) is 9.84 Å². The van der Waals surface area contributed by atoms with Gasteiger partial charge in [0.1, 0.15) is 0 Å². The van der Waals surface area contributed by atoms with Gasteiger partial charge < -0.3 is 11.1 Å². The minimum absolute atomic E-state index is 0.0461. The number of anilines is 2. The lowest BCUT2D eigenvalue weighted by molar-refractivity contribution is 0.562. The van der Waals surface area contributed by atoms with E-state index in [0.717, 1.165) is 28.7 Å². The van der Waals surface area contributed by atoms with Crippen LogP contribution >= 0.6 is 0 Å². The van der Waals surface area contributed by atoms with Crippen LogP contribution in [0.25, 0.3) is 10.9 Å². The summed E-state index contributed by atoms with van der Waals surface area (Å²) in [5.41, 5.74) is 9.20. The number of nitrogens with two attached hydrogens (primary N) is 1. The molecule has 1 fully saturated rings. The van der Waals surface area contributed by atoms with Gasteiger partial charge in [-0.25, -0.2) is 8.42 Å². The van der Waals surface area contributed by atoms with Gasteiger partial charge in [0.05, 0.1) is 17.0 Å². The zero-order valence-electron chi connectivity index (χ0n) is 12.0. The van der Waals surface area contributed by atoms with Crippen LogP contribution in [-0.4, -0.2) is 30.9 Å². The van der Waals surface area contributed by atoms with Gasteiger partial charge in [-0.2, -0.15) is 0 Å². The number of benzene rings is 1. The van der Waals surface area contributed by atoms with Gasteiger partial charge in [0.25, 0.3) is 0 Å². The molecule has 1 aliphatic heterocycles. The molecule has 3 rings (SSSR count). The standard InChI is InChI=1S/C15H19N3O2S/c1-10-7-15(13-8-11(16)4-5-14(13)17-10)18-12-3-2-6-21(19,20)9-12/h4-5,7-8,12H,2-3,6,9,16H2,1H3,(H,17,18). The van der Waals surface area contributed by atoms with E-state index in [-0.39, 0.29) is 11.8 Å². The van der Waals surface area contributed by atoms with E-state index in [0.29, 0.717) is 17.9 Å². The van der Waals surface area contributed by atoms with E-state index in [9.17, 15) is 8.42 Å². The van der Waals surface area contributed by atoms with E-state index >= 15 is 0 Å². The molecule has 1 aromatic carbocycles. The number of rotatable bonds is 2. The minimum atomic E-state index is -2.93. The Morgan fingerprint density at radius 1 is 1.33 bits per heavy atom. The normalized spacial score (nSPS) is 21.3. The van der Waals surface area contributed by atoms with Crippen LogP contribution in [-0.2, 0) is 9.84 Å². The van der Waals surface area contributed by atoms with Crippen LogP contribution in [0.2, 0.25) is 0 Å². The second kappa shape index (κ2) is 5.18. The summed E-state index contributed by atoms with van der Waals surface area (Å²) in [7, 11) is -2.93. The number of fused-ring (bicyclic) bond motifs is 1. The second-order valence-corrected chi connectivity index (χ2v) is 7.91. The van der Waals surface area contributed by atoms with E-state index in [2.05, 4.69) is 10.3 Å². The summed E-state index contributed by atoms with van der Waals surface area (Å²) in [6, 6.07) is 7.49. The molecular weight excluding hydrogens is 286 g/mol. The lowest BCUT2D eigenvalue weighted by Gasteiger charge is -2.25. The zero-order valence-corrected chi connectivity index (χ0v) is 12.8. The average molecular weight is 305 g/mol. The number of hydrogen-bond acceptors (Lipinski definition) is 5. The molecule has 0 saturated carbocycles. The molecule has 6 heteroatoms. The fourth-order valence-corrected chi connectivity index (χ4v) is 4.49. The monoisotopic (exact) mass is 305 g/mol. The molecule has 3 N–H and O–H groups in total. The molecule has 2 heterocycles. The van der Waals surface area contributed by atoms with Crippen molar-refractivity contribution in [1.82, 2.24) is 4.98 Å². The Morgan fingerprint density at radius 3 is 2.90 bits per heavy atom. The molecule has 1 atom stereocenters. The van der Waals surface area contributed by atoms with Crippen LogP contribution in [0.4, 0.5) is 11.4 Å². The highest BCUT2D eigenvalue weighted by Gasteiger charge is 2.25. The van der Waals surface area contributed by atoms with Gasteiger partial charge in [-0.1, -0.05) is 0 Å². The number of aryl methyl sites for hydroxylation is 1. The van der Waals surface area contributed by atoms with Gasteiger partial charge >= 0.3 is 0 Å². The molecule has 0 bridgehead atoms. The average Bonchev–Trinajstić information content (AvgIpc) is 2.38. The largest absolute Gasteiger partial charge is 0.399 e. The Morgan fingerprint density at radius 2 is 2.14 bits per heavy atom. The number of nitrogens with one attached hydrogen (secondary N) is 1. The molecule has 1 aliphatic rings. The first-order valence-electron chi connectivity index (χ1n) is 7.07. The first kappa shape index (κ1) is 14.1. The number of nitrogen functional groups attached to an aromatic ring is 1. The van der Waals surface area contributed by atoms with E-state index in [1.807, 2.05) is 31.2 Å². The van der Waals surface area contributed by atoms with Crippen LogP contribution in [0.5, 0.6) is 0 Å². The van der Waals surface area contributed by atoms with Gasteiger partial charge in [-0.3, -0.25) is 4.98 Å². The van der Waals surface area contributed by atoms with Crippen molar-refractivity contribution in [1.29, 1.82) is 0 Å².